The van der Waals surface area contributed by atoms with Gasteiger partial charge in [0.05, 0.1) is 18.4 Å². The topological polar surface area (TPSA) is 55.1 Å². The van der Waals surface area contributed by atoms with Crippen LogP contribution in [-0.2, 0) is 6.54 Å². The Morgan fingerprint density at radius 3 is 3.00 bits per heavy atom. The van der Waals surface area contributed by atoms with Crippen molar-refractivity contribution < 1.29 is 9.90 Å². The van der Waals surface area contributed by atoms with Gasteiger partial charge in [-0.15, -0.1) is 0 Å². The average molecular weight is 222 g/mol. The van der Waals surface area contributed by atoms with E-state index in [0.717, 1.165) is 5.56 Å². The van der Waals surface area contributed by atoms with Gasteiger partial charge in [0.2, 0.25) is 0 Å². The molecule has 15 heavy (non-hydrogen) atoms. The Hall–Kier alpha value is -1.62. The fraction of sp³-hybridized carbons (Fsp3) is 0.200. The molecule has 1 N–H and O–H groups in total. The highest BCUT2D eigenvalue weighted by atomic mass is 32.1. The molecule has 0 aliphatic heterocycles. The second-order valence-electron chi connectivity index (χ2n) is 3.24. The van der Waals surface area contributed by atoms with E-state index in [1.165, 1.54) is 6.20 Å². The molecule has 0 radical (unpaired) electrons. The maximum atomic E-state index is 10.8. The Labute approximate surface area is 90.8 Å². The molecule has 0 saturated heterocycles. The van der Waals surface area contributed by atoms with Crippen molar-refractivity contribution in [1.29, 1.82) is 0 Å². The summed E-state index contributed by atoms with van der Waals surface area (Å²) < 4.78 is 1.70. The Bertz CT molecular complexity index is 474. The molecule has 4 nitrogen and oxygen atoms in total. The van der Waals surface area contributed by atoms with Crippen molar-refractivity contribution in [1.82, 2.24) is 9.78 Å². The van der Waals surface area contributed by atoms with Crippen LogP contribution in [0.3, 0.4) is 0 Å². The quantitative estimate of drug-likeness (QED) is 0.864. The second-order valence-corrected chi connectivity index (χ2v) is 4.02. The normalized spacial score (nSPS) is 10.5. The van der Waals surface area contributed by atoms with Gasteiger partial charge in [-0.25, -0.2) is 4.79 Å². The molecule has 0 aromatic carbocycles. The molecule has 0 aliphatic rings. The number of hydrogen-bond acceptors (Lipinski definition) is 3. The molecule has 0 unspecified atom stereocenters. The lowest BCUT2D eigenvalue weighted by Crippen LogP contribution is -2.05. The molecular formula is C10H10N2O2S. The lowest BCUT2D eigenvalue weighted by molar-refractivity contribution is 0.0696. The molecule has 0 saturated carbocycles. The summed E-state index contributed by atoms with van der Waals surface area (Å²) >= 11 is 1.62. The van der Waals surface area contributed by atoms with Crippen molar-refractivity contribution in [3.05, 3.63) is 39.8 Å². The van der Waals surface area contributed by atoms with Crippen LogP contribution in [0.25, 0.3) is 0 Å². The minimum absolute atomic E-state index is 0.269. The summed E-state index contributed by atoms with van der Waals surface area (Å²) in [5, 5.41) is 16.9. The second kappa shape index (κ2) is 3.86. The van der Waals surface area contributed by atoms with Gasteiger partial charge in [0, 0.05) is 0 Å². The number of hydrogen-bond donors (Lipinski definition) is 1. The highest BCUT2D eigenvalue weighted by Crippen LogP contribution is 2.12. The summed E-state index contributed by atoms with van der Waals surface area (Å²) in [5.41, 5.74) is 2.10. The van der Waals surface area contributed by atoms with Gasteiger partial charge >= 0.3 is 5.97 Å². The van der Waals surface area contributed by atoms with E-state index >= 15 is 0 Å². The van der Waals surface area contributed by atoms with Crippen molar-refractivity contribution in [3.8, 4) is 0 Å². The molecule has 0 atom stereocenters. The third kappa shape index (κ3) is 1.92. The summed E-state index contributed by atoms with van der Waals surface area (Å²) in [4.78, 5) is 10.8. The van der Waals surface area contributed by atoms with Crippen LogP contribution >= 0.6 is 11.3 Å². The maximum Gasteiger partial charge on any atom is 0.339 e. The highest BCUT2D eigenvalue weighted by Gasteiger charge is 2.12. The van der Waals surface area contributed by atoms with Gasteiger partial charge in [-0.2, -0.15) is 16.4 Å². The van der Waals surface area contributed by atoms with E-state index < -0.39 is 5.97 Å². The third-order valence-electron chi connectivity index (χ3n) is 2.25. The van der Waals surface area contributed by atoms with Crippen LogP contribution < -0.4 is 0 Å². The molecule has 2 aromatic rings. The van der Waals surface area contributed by atoms with Gasteiger partial charge in [-0.3, -0.25) is 4.68 Å². The largest absolute Gasteiger partial charge is 0.478 e. The number of thiophene rings is 1. The smallest absolute Gasteiger partial charge is 0.339 e. The molecule has 2 rings (SSSR count). The number of carboxylic acids is 1. The van der Waals surface area contributed by atoms with Crippen LogP contribution in [0, 0.1) is 6.92 Å². The van der Waals surface area contributed by atoms with Crippen LogP contribution in [0.2, 0.25) is 0 Å². The number of carboxylic acid groups (broad SMARTS) is 1. The van der Waals surface area contributed by atoms with E-state index in [0.29, 0.717) is 12.2 Å². The Balaban J connectivity index is 2.27. The number of aromatic carboxylic acids is 1. The monoisotopic (exact) mass is 222 g/mol. The molecule has 2 aromatic heterocycles. The van der Waals surface area contributed by atoms with E-state index in [1.807, 2.05) is 16.8 Å². The molecule has 0 spiro atoms. The van der Waals surface area contributed by atoms with Gasteiger partial charge < -0.3 is 5.11 Å². The van der Waals surface area contributed by atoms with Gasteiger partial charge in [0.1, 0.15) is 5.56 Å². The number of carbonyl (C=O) groups is 1. The fourth-order valence-electron chi connectivity index (χ4n) is 1.37. The summed E-state index contributed by atoms with van der Waals surface area (Å²) in [5.74, 6) is -0.927. The zero-order valence-corrected chi connectivity index (χ0v) is 8.99. The van der Waals surface area contributed by atoms with E-state index in [9.17, 15) is 4.79 Å². The first kappa shape index (κ1) is 9.92. The van der Waals surface area contributed by atoms with Crippen molar-refractivity contribution >= 4 is 17.3 Å². The number of aromatic nitrogens is 2. The first-order valence-corrected chi connectivity index (χ1v) is 5.39. The molecule has 0 aliphatic carbocycles. The maximum absolute atomic E-state index is 10.8. The first-order chi connectivity index (χ1) is 7.18. The van der Waals surface area contributed by atoms with Crippen LogP contribution in [-0.4, -0.2) is 20.9 Å². The van der Waals surface area contributed by atoms with Crippen LogP contribution in [0.1, 0.15) is 21.6 Å². The van der Waals surface area contributed by atoms with E-state index in [1.54, 1.807) is 22.9 Å². The predicted octanol–water partition coefficient (Wildman–Crippen LogP) is 2.00. The number of nitrogens with zero attached hydrogens (tertiary/aromatic N) is 2. The van der Waals surface area contributed by atoms with Crippen LogP contribution in [0.15, 0.2) is 23.0 Å². The van der Waals surface area contributed by atoms with Gasteiger partial charge in [0.15, 0.2) is 0 Å². The predicted molar refractivity (Wildman–Crippen MR) is 57.3 cm³/mol. The molecule has 0 amide bonds. The zero-order chi connectivity index (χ0) is 10.8. The average Bonchev–Trinajstić information content (AvgIpc) is 2.78. The van der Waals surface area contributed by atoms with E-state index in [-0.39, 0.29) is 5.56 Å². The Morgan fingerprint density at radius 2 is 2.47 bits per heavy atom. The Morgan fingerprint density at radius 1 is 1.67 bits per heavy atom. The van der Waals surface area contributed by atoms with Crippen LogP contribution in [0.5, 0.6) is 0 Å². The minimum Gasteiger partial charge on any atom is -0.478 e. The lowest BCUT2D eigenvalue weighted by atomic mass is 10.2. The van der Waals surface area contributed by atoms with Gasteiger partial charge in [-0.1, -0.05) is 0 Å². The SMILES string of the molecule is Cc1c(C(=O)O)cnn1Cc1ccsc1. The summed E-state index contributed by atoms with van der Waals surface area (Å²) in [6.45, 7) is 2.39. The van der Waals surface area contributed by atoms with Gasteiger partial charge in [-0.05, 0) is 29.3 Å². The molecule has 2 heterocycles. The highest BCUT2D eigenvalue weighted by molar-refractivity contribution is 7.07. The van der Waals surface area contributed by atoms with Crippen molar-refractivity contribution in [3.63, 3.8) is 0 Å². The minimum atomic E-state index is -0.927. The van der Waals surface area contributed by atoms with Crippen LogP contribution in [0.4, 0.5) is 0 Å². The lowest BCUT2D eigenvalue weighted by Gasteiger charge is -2.02. The zero-order valence-electron chi connectivity index (χ0n) is 8.17. The fourth-order valence-corrected chi connectivity index (χ4v) is 2.03. The summed E-state index contributed by atoms with van der Waals surface area (Å²) in [7, 11) is 0. The first-order valence-electron chi connectivity index (χ1n) is 4.45. The van der Waals surface area contributed by atoms with E-state index in [2.05, 4.69) is 5.10 Å². The molecule has 5 heteroatoms. The van der Waals surface area contributed by atoms with Crippen molar-refractivity contribution in [2.45, 2.75) is 13.5 Å². The molecular weight excluding hydrogens is 212 g/mol. The molecule has 0 fully saturated rings. The Kier molecular flexibility index (Phi) is 2.55. The molecule has 78 valence electrons. The summed E-state index contributed by atoms with van der Waals surface area (Å²) in [6.07, 6.45) is 1.39. The van der Waals surface area contributed by atoms with Crippen molar-refractivity contribution in [2.24, 2.45) is 0 Å². The number of rotatable bonds is 3. The standard InChI is InChI=1S/C10H10N2O2S/c1-7-9(10(13)14)4-11-12(7)5-8-2-3-15-6-8/h2-4,6H,5H2,1H3,(H,13,14). The van der Waals surface area contributed by atoms with Gasteiger partial charge in [0.25, 0.3) is 0 Å². The van der Waals surface area contributed by atoms with Crippen molar-refractivity contribution in [2.75, 3.05) is 0 Å². The third-order valence-corrected chi connectivity index (χ3v) is 2.98. The summed E-state index contributed by atoms with van der Waals surface area (Å²) in [6, 6.07) is 2.01. The molecule has 0 bridgehead atoms. The van der Waals surface area contributed by atoms with E-state index in [4.69, 9.17) is 5.11 Å².